The maximum absolute atomic E-state index is 12.4. The molecule has 7 heteroatoms. The quantitative estimate of drug-likeness (QED) is 0.573. The molecule has 0 atom stereocenters. The highest BCUT2D eigenvalue weighted by molar-refractivity contribution is 5.94. The topological polar surface area (TPSA) is 93.2 Å². The van der Waals surface area contributed by atoms with Gasteiger partial charge in [0.15, 0.2) is 5.78 Å². The molecule has 3 aromatic rings. The molecule has 1 amide bonds. The van der Waals surface area contributed by atoms with Crippen LogP contribution in [-0.2, 0) is 6.42 Å². The van der Waals surface area contributed by atoms with Gasteiger partial charge >= 0.3 is 0 Å². The molecule has 0 aliphatic rings. The van der Waals surface area contributed by atoms with Crippen LogP contribution < -0.4 is 15.4 Å². The van der Waals surface area contributed by atoms with Crippen molar-refractivity contribution in [3.8, 4) is 5.75 Å². The number of carbonyl (C=O) groups is 2. The maximum atomic E-state index is 12.4. The van der Waals surface area contributed by atoms with Gasteiger partial charge in [-0.15, -0.1) is 0 Å². The van der Waals surface area contributed by atoms with Gasteiger partial charge in [-0.1, -0.05) is 18.2 Å². The van der Waals surface area contributed by atoms with Gasteiger partial charge in [-0.2, -0.15) is 0 Å². The third kappa shape index (κ3) is 5.38. The van der Waals surface area contributed by atoms with Gasteiger partial charge in [0.25, 0.3) is 5.91 Å². The van der Waals surface area contributed by atoms with Gasteiger partial charge in [0.05, 0.1) is 7.11 Å². The van der Waals surface area contributed by atoms with E-state index in [1.54, 1.807) is 37.4 Å². The molecular weight excluding hydrogens is 368 g/mol. The minimum absolute atomic E-state index is 0.00525. The van der Waals surface area contributed by atoms with Crippen LogP contribution in [0.2, 0.25) is 0 Å². The van der Waals surface area contributed by atoms with E-state index in [4.69, 9.17) is 4.74 Å². The first-order chi connectivity index (χ1) is 14.1. The molecule has 2 aromatic carbocycles. The monoisotopic (exact) mass is 390 g/mol. The minimum Gasteiger partial charge on any atom is -0.496 e. The Balaban J connectivity index is 1.59. The molecule has 0 radical (unpaired) electrons. The molecule has 7 nitrogen and oxygen atoms in total. The summed E-state index contributed by atoms with van der Waals surface area (Å²) < 4.78 is 5.32. The van der Waals surface area contributed by atoms with E-state index in [1.165, 1.54) is 13.3 Å². The van der Waals surface area contributed by atoms with Gasteiger partial charge in [0.2, 0.25) is 0 Å². The molecule has 0 saturated carbocycles. The van der Waals surface area contributed by atoms with Crippen LogP contribution in [0.1, 0.15) is 33.3 Å². The van der Waals surface area contributed by atoms with E-state index in [-0.39, 0.29) is 17.4 Å². The van der Waals surface area contributed by atoms with E-state index in [9.17, 15) is 9.59 Å². The summed E-state index contributed by atoms with van der Waals surface area (Å²) in [5.74, 6) is 1.01. The molecule has 0 unspecified atom stereocenters. The molecule has 2 N–H and O–H groups in total. The summed E-state index contributed by atoms with van der Waals surface area (Å²) in [6, 6.07) is 16.3. The number of amides is 1. The van der Waals surface area contributed by atoms with Gasteiger partial charge < -0.3 is 15.4 Å². The number of hydrogen-bond acceptors (Lipinski definition) is 6. The lowest BCUT2D eigenvalue weighted by Gasteiger charge is -2.10. The van der Waals surface area contributed by atoms with Crippen LogP contribution in [0.15, 0.2) is 60.9 Å². The average molecular weight is 390 g/mol. The van der Waals surface area contributed by atoms with E-state index in [1.807, 2.05) is 24.3 Å². The summed E-state index contributed by atoms with van der Waals surface area (Å²) >= 11 is 0. The predicted octanol–water partition coefficient (Wildman–Crippen LogP) is 3.40. The van der Waals surface area contributed by atoms with E-state index in [0.29, 0.717) is 24.3 Å². The Morgan fingerprint density at radius 1 is 1.03 bits per heavy atom. The third-order valence-electron chi connectivity index (χ3n) is 4.34. The second-order valence-corrected chi connectivity index (χ2v) is 6.36. The van der Waals surface area contributed by atoms with Crippen molar-refractivity contribution in [1.29, 1.82) is 0 Å². The van der Waals surface area contributed by atoms with Gasteiger partial charge in [-0.05, 0) is 49.2 Å². The van der Waals surface area contributed by atoms with Crippen LogP contribution in [0.25, 0.3) is 0 Å². The van der Waals surface area contributed by atoms with Crippen molar-refractivity contribution in [3.63, 3.8) is 0 Å². The molecule has 0 saturated heterocycles. The molecule has 1 heterocycles. The molecule has 0 aliphatic heterocycles. The Morgan fingerprint density at radius 2 is 1.79 bits per heavy atom. The number of anilines is 2. The van der Waals surface area contributed by atoms with Crippen LogP contribution in [0.4, 0.5) is 11.5 Å². The van der Waals surface area contributed by atoms with E-state index < -0.39 is 0 Å². The fourth-order valence-corrected chi connectivity index (χ4v) is 2.80. The normalized spacial score (nSPS) is 10.3. The van der Waals surface area contributed by atoms with Gasteiger partial charge in [-0.3, -0.25) is 9.59 Å². The molecule has 148 valence electrons. The number of rotatable bonds is 8. The Morgan fingerprint density at radius 3 is 2.52 bits per heavy atom. The van der Waals surface area contributed by atoms with Crippen molar-refractivity contribution >= 4 is 23.2 Å². The lowest BCUT2D eigenvalue weighted by Crippen LogP contribution is -2.26. The molecule has 0 bridgehead atoms. The van der Waals surface area contributed by atoms with Crippen LogP contribution in [0.5, 0.6) is 5.75 Å². The number of para-hydroxylation sites is 1. The fourth-order valence-electron chi connectivity index (χ4n) is 2.80. The van der Waals surface area contributed by atoms with Gasteiger partial charge in [0, 0.05) is 23.9 Å². The molecule has 1 aromatic heterocycles. The van der Waals surface area contributed by atoms with Crippen molar-refractivity contribution in [1.82, 2.24) is 15.3 Å². The highest BCUT2D eigenvalue weighted by atomic mass is 16.5. The largest absolute Gasteiger partial charge is 0.496 e. The smallest absolute Gasteiger partial charge is 0.270 e. The van der Waals surface area contributed by atoms with Crippen molar-refractivity contribution in [2.45, 2.75) is 13.3 Å². The third-order valence-corrected chi connectivity index (χ3v) is 4.34. The summed E-state index contributed by atoms with van der Waals surface area (Å²) in [5.41, 5.74) is 2.68. The molecule has 3 rings (SSSR count). The van der Waals surface area contributed by atoms with E-state index >= 15 is 0 Å². The second kappa shape index (κ2) is 9.45. The number of nitrogens with zero attached hydrogens (tertiary/aromatic N) is 2. The minimum atomic E-state index is -0.280. The number of aromatic nitrogens is 2. The van der Waals surface area contributed by atoms with Crippen LogP contribution in [-0.4, -0.2) is 35.3 Å². The maximum Gasteiger partial charge on any atom is 0.270 e. The molecule has 29 heavy (non-hydrogen) atoms. The average Bonchev–Trinajstić information content (AvgIpc) is 2.74. The van der Waals surface area contributed by atoms with Crippen LogP contribution in [0.3, 0.4) is 0 Å². The predicted molar refractivity (Wildman–Crippen MR) is 111 cm³/mol. The van der Waals surface area contributed by atoms with Crippen molar-refractivity contribution in [3.05, 3.63) is 77.7 Å². The van der Waals surface area contributed by atoms with E-state index in [0.717, 1.165) is 17.0 Å². The number of ketones is 1. The fraction of sp³-hybridized carbons (Fsp3) is 0.182. The van der Waals surface area contributed by atoms with Crippen LogP contribution in [0, 0.1) is 0 Å². The van der Waals surface area contributed by atoms with Gasteiger partial charge in [0.1, 0.15) is 23.6 Å². The summed E-state index contributed by atoms with van der Waals surface area (Å²) in [4.78, 5) is 32.0. The highest BCUT2D eigenvalue weighted by Gasteiger charge is 2.10. The van der Waals surface area contributed by atoms with Crippen LogP contribution >= 0.6 is 0 Å². The summed E-state index contributed by atoms with van der Waals surface area (Å²) in [6.45, 7) is 1.98. The lowest BCUT2D eigenvalue weighted by molar-refractivity contribution is 0.0948. The number of Topliss-reactive ketones (excluding diaryl/α,β-unsaturated/α-hetero) is 1. The number of nitrogens with one attached hydrogen (secondary N) is 2. The second-order valence-electron chi connectivity index (χ2n) is 6.36. The number of methoxy groups -OCH3 is 1. The van der Waals surface area contributed by atoms with Crippen molar-refractivity contribution < 1.29 is 14.3 Å². The number of carbonyl (C=O) groups excluding carboxylic acids is 2. The standard InChI is InChI=1S/C22H22N4O3/c1-15(27)16-7-9-18(10-8-16)26-21-13-19(24-14-25-21)22(28)23-12-11-17-5-3-4-6-20(17)29-2/h3-10,13-14H,11-12H2,1-2H3,(H,23,28)(H,24,25,26). The van der Waals surface area contributed by atoms with Crippen molar-refractivity contribution in [2.24, 2.45) is 0 Å². The molecule has 0 fully saturated rings. The molecule has 0 aliphatic carbocycles. The number of ether oxygens (including phenoxy) is 1. The SMILES string of the molecule is COc1ccccc1CCNC(=O)c1cc(Nc2ccc(C(C)=O)cc2)ncn1. The zero-order chi connectivity index (χ0) is 20.6. The highest BCUT2D eigenvalue weighted by Crippen LogP contribution is 2.18. The zero-order valence-electron chi connectivity index (χ0n) is 16.3. The molecular formula is C22H22N4O3. The first kappa shape index (κ1) is 20.0. The van der Waals surface area contributed by atoms with Crippen molar-refractivity contribution in [2.75, 3.05) is 19.0 Å². The summed E-state index contributed by atoms with van der Waals surface area (Å²) in [7, 11) is 1.63. The Labute approximate surface area is 169 Å². The Bertz CT molecular complexity index is 1000. The summed E-state index contributed by atoms with van der Waals surface area (Å²) in [5, 5.41) is 5.96. The first-order valence-electron chi connectivity index (χ1n) is 9.17. The van der Waals surface area contributed by atoms with E-state index in [2.05, 4.69) is 20.6 Å². The number of benzene rings is 2. The summed E-state index contributed by atoms with van der Waals surface area (Å²) in [6.07, 6.45) is 1.98. The van der Waals surface area contributed by atoms with Gasteiger partial charge in [-0.25, -0.2) is 9.97 Å². The Hall–Kier alpha value is -3.74. The number of hydrogen-bond donors (Lipinski definition) is 2. The first-order valence-corrected chi connectivity index (χ1v) is 9.17. The lowest BCUT2D eigenvalue weighted by atomic mass is 10.1. The molecule has 0 spiro atoms. The Kier molecular flexibility index (Phi) is 6.52. The zero-order valence-corrected chi connectivity index (χ0v) is 16.3.